The first-order chi connectivity index (χ1) is 13.3. The number of carbonyl (C=O) groups excluding carboxylic acids is 1. The summed E-state index contributed by atoms with van der Waals surface area (Å²) >= 11 is 5.75. The number of pyridine rings is 1. The molecule has 2 saturated heterocycles. The van der Waals surface area contributed by atoms with E-state index in [4.69, 9.17) is 11.6 Å². The van der Waals surface area contributed by atoms with Crippen molar-refractivity contribution < 1.29 is 17.6 Å². The van der Waals surface area contributed by atoms with E-state index in [1.54, 1.807) is 23.1 Å². The van der Waals surface area contributed by atoms with Gasteiger partial charge in [0.2, 0.25) is 5.91 Å². The predicted molar refractivity (Wildman–Crippen MR) is 102 cm³/mol. The maximum absolute atomic E-state index is 13.2. The minimum absolute atomic E-state index is 0.000362. The van der Waals surface area contributed by atoms with Crippen molar-refractivity contribution in [1.29, 1.82) is 0 Å². The summed E-state index contributed by atoms with van der Waals surface area (Å²) in [4.78, 5) is 17.9. The first kappa shape index (κ1) is 19.0. The molecule has 2 aliphatic heterocycles. The first-order valence-corrected chi connectivity index (χ1v) is 10.5. The lowest BCUT2D eigenvalue weighted by Gasteiger charge is -2.41. The van der Waals surface area contributed by atoms with Crippen molar-refractivity contribution in [3.63, 3.8) is 0 Å². The number of aromatic nitrogens is 1. The maximum Gasteiger partial charge on any atom is 0.261 e. The van der Waals surface area contributed by atoms with Gasteiger partial charge in [-0.1, -0.05) is 23.7 Å². The van der Waals surface area contributed by atoms with Crippen molar-refractivity contribution in [2.75, 3.05) is 26.2 Å². The lowest BCUT2D eigenvalue weighted by molar-refractivity contribution is -0.131. The number of hydrogen-bond acceptors (Lipinski definition) is 4. The number of benzene rings is 1. The Labute approximate surface area is 167 Å². The van der Waals surface area contributed by atoms with Crippen LogP contribution in [0.5, 0.6) is 0 Å². The fourth-order valence-corrected chi connectivity index (χ4v) is 4.72. The van der Waals surface area contributed by atoms with E-state index in [1.807, 2.05) is 0 Å². The Kier molecular flexibility index (Phi) is 4.95. The normalized spacial score (nSPS) is 17.3. The molecule has 4 rings (SSSR count). The van der Waals surface area contributed by atoms with Crippen LogP contribution >= 0.6 is 11.6 Å². The molecule has 3 heterocycles. The van der Waals surface area contributed by atoms with Gasteiger partial charge in [-0.3, -0.25) is 4.79 Å². The Bertz CT molecular complexity index is 1060. The van der Waals surface area contributed by atoms with Gasteiger partial charge in [0, 0.05) is 32.4 Å². The molecule has 28 heavy (non-hydrogen) atoms. The van der Waals surface area contributed by atoms with E-state index >= 15 is 0 Å². The van der Waals surface area contributed by atoms with Gasteiger partial charge in [-0.2, -0.15) is 4.31 Å². The highest BCUT2D eigenvalue weighted by molar-refractivity contribution is 7.89. The minimum atomic E-state index is -3.57. The fraction of sp³-hybridized carbons (Fsp3) is 0.263. The zero-order valence-corrected chi connectivity index (χ0v) is 16.4. The third-order valence-electron chi connectivity index (χ3n) is 4.93. The van der Waals surface area contributed by atoms with Gasteiger partial charge in [0.25, 0.3) is 10.0 Å². The van der Waals surface area contributed by atoms with Gasteiger partial charge in [0.1, 0.15) is 5.82 Å². The van der Waals surface area contributed by atoms with Crippen LogP contribution in [0.1, 0.15) is 5.56 Å². The minimum Gasteiger partial charge on any atom is -0.334 e. The van der Waals surface area contributed by atoms with Crippen LogP contribution in [0.3, 0.4) is 0 Å². The summed E-state index contributed by atoms with van der Waals surface area (Å²) < 4.78 is 39.5. The summed E-state index contributed by atoms with van der Waals surface area (Å²) in [6.07, 6.45) is 1.61. The molecule has 2 aliphatic rings. The smallest absolute Gasteiger partial charge is 0.261 e. The maximum atomic E-state index is 13.2. The van der Waals surface area contributed by atoms with Crippen LogP contribution in [-0.4, -0.2) is 54.7 Å². The fourth-order valence-electron chi connectivity index (χ4n) is 3.16. The molecule has 146 valence electrons. The number of halogens is 2. The lowest BCUT2D eigenvalue weighted by atomic mass is 9.96. The molecular formula is C19H17ClFN3O3S. The van der Waals surface area contributed by atoms with E-state index in [0.29, 0.717) is 31.7 Å². The molecule has 0 aliphatic carbocycles. The topological polar surface area (TPSA) is 70.6 Å². The average Bonchev–Trinajstić information content (AvgIpc) is 2.59. The van der Waals surface area contributed by atoms with Crippen molar-refractivity contribution >= 4 is 27.5 Å². The van der Waals surface area contributed by atoms with Crippen molar-refractivity contribution in [1.82, 2.24) is 14.2 Å². The number of sulfonamides is 1. The van der Waals surface area contributed by atoms with Crippen LogP contribution in [0.4, 0.5) is 4.39 Å². The Morgan fingerprint density at radius 2 is 1.82 bits per heavy atom. The third-order valence-corrected chi connectivity index (χ3v) is 6.93. The molecule has 6 nitrogen and oxygen atoms in total. The molecule has 0 unspecified atom stereocenters. The van der Waals surface area contributed by atoms with Gasteiger partial charge in [-0.05, 0) is 41.0 Å². The molecular weight excluding hydrogens is 405 g/mol. The number of likely N-dealkylation sites (tertiary alicyclic amines) is 1. The highest BCUT2D eigenvalue weighted by Gasteiger charge is 2.38. The summed E-state index contributed by atoms with van der Waals surface area (Å²) in [5, 5.41) is 0.0443. The Morgan fingerprint density at radius 1 is 1.11 bits per heavy atom. The van der Waals surface area contributed by atoms with Crippen LogP contribution in [0.2, 0.25) is 5.02 Å². The summed E-state index contributed by atoms with van der Waals surface area (Å²) in [6, 6.07) is 9.04. The van der Waals surface area contributed by atoms with Gasteiger partial charge in [-0.15, -0.1) is 0 Å². The number of amides is 1. The molecule has 2 fully saturated rings. The van der Waals surface area contributed by atoms with Crippen molar-refractivity contribution in [2.24, 2.45) is 0 Å². The Morgan fingerprint density at radius 3 is 2.46 bits per heavy atom. The van der Waals surface area contributed by atoms with Gasteiger partial charge >= 0.3 is 0 Å². The average molecular weight is 422 g/mol. The van der Waals surface area contributed by atoms with Gasteiger partial charge in [0.05, 0.1) is 11.4 Å². The Hall–Kier alpha value is -2.29. The third kappa shape index (κ3) is 3.55. The number of nitrogens with zero attached hydrogens (tertiary/aromatic N) is 3. The molecule has 0 bridgehead atoms. The largest absolute Gasteiger partial charge is 0.334 e. The summed E-state index contributed by atoms with van der Waals surface area (Å²) in [6.45, 7) is 1.68. The summed E-state index contributed by atoms with van der Waals surface area (Å²) in [5.74, 6) is -0.576. The number of hydrogen-bond donors (Lipinski definition) is 0. The van der Waals surface area contributed by atoms with Crippen LogP contribution in [0.25, 0.3) is 0 Å². The Balaban J connectivity index is 1.32. The van der Waals surface area contributed by atoms with Crippen LogP contribution in [0.15, 0.2) is 58.8 Å². The van der Waals surface area contributed by atoms with Crippen LogP contribution < -0.4 is 0 Å². The molecule has 1 aromatic heterocycles. The highest BCUT2D eigenvalue weighted by atomic mass is 35.5. The van der Waals surface area contributed by atoms with Crippen molar-refractivity contribution in [3.05, 3.63) is 70.1 Å². The molecule has 9 heteroatoms. The molecule has 1 aromatic carbocycles. The predicted octanol–water partition coefficient (Wildman–Crippen LogP) is 2.26. The van der Waals surface area contributed by atoms with E-state index < -0.39 is 15.8 Å². The van der Waals surface area contributed by atoms with E-state index in [0.717, 1.165) is 11.1 Å². The molecule has 0 atom stereocenters. The second-order valence-corrected chi connectivity index (χ2v) is 9.12. The van der Waals surface area contributed by atoms with E-state index in [-0.39, 0.29) is 22.4 Å². The van der Waals surface area contributed by atoms with E-state index in [9.17, 15) is 17.6 Å². The number of rotatable bonds is 4. The quantitative estimate of drug-likeness (QED) is 0.710. The van der Waals surface area contributed by atoms with Gasteiger partial charge in [0.15, 0.2) is 5.03 Å². The standard InChI is InChI=1S/C19H17ClFN3O3S/c20-16-7-13(4-5-17(16)21)8-19(25)23-9-14(10-23)15-11-24(12-15)28(26,27)18-3-1-2-6-22-18/h1-7H,8-12H2. The molecule has 0 saturated carbocycles. The summed E-state index contributed by atoms with van der Waals surface area (Å²) in [5.41, 5.74) is 2.81. The second-order valence-electron chi connectivity index (χ2n) is 6.82. The van der Waals surface area contributed by atoms with E-state index in [1.165, 1.54) is 28.7 Å². The molecule has 2 aromatic rings. The monoisotopic (exact) mass is 421 g/mol. The zero-order valence-electron chi connectivity index (χ0n) is 14.8. The first-order valence-electron chi connectivity index (χ1n) is 8.67. The SMILES string of the molecule is O=C(Cc1ccc(F)c(Cl)c1)N1CC(=C2CN(S(=O)(=O)c3ccccn3)C2)C1. The molecule has 0 spiro atoms. The molecule has 0 N–H and O–H groups in total. The summed E-state index contributed by atoms with van der Waals surface area (Å²) in [7, 11) is -3.57. The molecule has 1 amide bonds. The second kappa shape index (κ2) is 7.27. The van der Waals surface area contributed by atoms with E-state index in [2.05, 4.69) is 4.98 Å². The number of carbonyl (C=O) groups is 1. The van der Waals surface area contributed by atoms with Gasteiger partial charge < -0.3 is 4.90 Å². The van der Waals surface area contributed by atoms with Crippen LogP contribution in [0, 0.1) is 5.82 Å². The van der Waals surface area contributed by atoms with Crippen molar-refractivity contribution in [2.45, 2.75) is 11.4 Å². The molecule has 0 radical (unpaired) electrons. The van der Waals surface area contributed by atoms with Crippen molar-refractivity contribution in [3.8, 4) is 0 Å². The zero-order chi connectivity index (χ0) is 19.9. The highest BCUT2D eigenvalue weighted by Crippen LogP contribution is 2.30. The lowest BCUT2D eigenvalue weighted by Crippen LogP contribution is -2.51. The van der Waals surface area contributed by atoms with Crippen LogP contribution in [-0.2, 0) is 21.2 Å². The van der Waals surface area contributed by atoms with Gasteiger partial charge in [-0.25, -0.2) is 17.8 Å².